The van der Waals surface area contributed by atoms with Crippen LogP contribution in [-0.2, 0) is 10.0 Å². The van der Waals surface area contributed by atoms with Gasteiger partial charge in [-0.05, 0) is 37.3 Å². The fourth-order valence-corrected chi connectivity index (χ4v) is 4.86. The Morgan fingerprint density at radius 3 is 2.45 bits per heavy atom. The van der Waals surface area contributed by atoms with Gasteiger partial charge >= 0.3 is 0 Å². The number of halogens is 4. The lowest BCUT2D eigenvalue weighted by atomic mass is 10.1. The first-order valence-corrected chi connectivity index (χ1v) is 11.3. The summed E-state index contributed by atoms with van der Waals surface area (Å²) < 4.78 is 47.1. The average molecular weight is 508 g/mol. The van der Waals surface area contributed by atoms with Crippen LogP contribution in [0, 0.1) is 22.9 Å². The smallest absolute Gasteiger partial charge is 0.266 e. The Bertz CT molecular complexity index is 1210. The van der Waals surface area contributed by atoms with Gasteiger partial charge in [-0.2, -0.15) is 0 Å². The minimum Gasteiger partial charge on any atom is -0.481 e. The SMILES string of the molecule is Cc1c(F)cccc1NS(=O)(=O)c1cc(Cl)c(OC2CC=C([N+](=O)[O-])C=C2Cl)c(Cl)c1. The maximum Gasteiger partial charge on any atom is 0.266 e. The summed E-state index contributed by atoms with van der Waals surface area (Å²) in [7, 11) is -4.14. The highest BCUT2D eigenvalue weighted by atomic mass is 35.5. The van der Waals surface area contributed by atoms with Gasteiger partial charge in [0.15, 0.2) is 5.75 Å². The molecule has 1 aliphatic rings. The minimum absolute atomic E-state index is 0.0290. The average Bonchev–Trinajstić information content (AvgIpc) is 2.68. The molecule has 2 aromatic carbocycles. The molecule has 0 bridgehead atoms. The van der Waals surface area contributed by atoms with Gasteiger partial charge in [0.05, 0.1) is 30.6 Å². The summed E-state index contributed by atoms with van der Waals surface area (Å²) in [6, 6.07) is 6.25. The fourth-order valence-electron chi connectivity index (χ4n) is 2.73. The largest absolute Gasteiger partial charge is 0.481 e. The van der Waals surface area contributed by atoms with Crippen LogP contribution in [0.15, 0.2) is 58.1 Å². The van der Waals surface area contributed by atoms with E-state index in [1.807, 2.05) is 0 Å². The summed E-state index contributed by atoms with van der Waals surface area (Å²) in [5.74, 6) is -0.592. The highest BCUT2D eigenvalue weighted by Crippen LogP contribution is 2.39. The summed E-state index contributed by atoms with van der Waals surface area (Å²) in [4.78, 5) is 10.0. The van der Waals surface area contributed by atoms with Gasteiger partial charge in [0.1, 0.15) is 11.9 Å². The van der Waals surface area contributed by atoms with E-state index in [4.69, 9.17) is 39.5 Å². The number of anilines is 1. The lowest BCUT2D eigenvalue weighted by Gasteiger charge is -2.21. The first kappa shape index (κ1) is 23.3. The van der Waals surface area contributed by atoms with E-state index in [0.717, 1.165) is 18.2 Å². The van der Waals surface area contributed by atoms with Gasteiger partial charge in [-0.15, -0.1) is 0 Å². The number of rotatable bonds is 6. The van der Waals surface area contributed by atoms with Gasteiger partial charge in [0, 0.05) is 18.1 Å². The van der Waals surface area contributed by atoms with Crippen molar-refractivity contribution in [3.63, 3.8) is 0 Å². The molecule has 0 saturated carbocycles. The Morgan fingerprint density at radius 2 is 1.87 bits per heavy atom. The molecular weight excluding hydrogens is 494 g/mol. The molecule has 1 atom stereocenters. The van der Waals surface area contributed by atoms with E-state index < -0.39 is 26.9 Å². The molecule has 1 aliphatic carbocycles. The molecule has 2 aromatic rings. The second-order valence-corrected chi connectivity index (χ2v) is 9.42. The maximum atomic E-state index is 13.7. The predicted octanol–water partition coefficient (Wildman–Crippen LogP) is 5.68. The summed E-state index contributed by atoms with van der Waals surface area (Å²) >= 11 is 18.5. The Balaban J connectivity index is 1.86. The van der Waals surface area contributed by atoms with Crippen LogP contribution in [0.5, 0.6) is 5.75 Å². The second kappa shape index (κ2) is 9.04. The number of nitro groups is 1. The van der Waals surface area contributed by atoms with Gasteiger partial charge in [-0.3, -0.25) is 14.8 Å². The van der Waals surface area contributed by atoms with Gasteiger partial charge in [0.2, 0.25) is 0 Å². The summed E-state index contributed by atoms with van der Waals surface area (Å²) in [5.41, 5.74) is 0.0337. The molecule has 3 rings (SSSR count). The van der Waals surface area contributed by atoms with E-state index in [9.17, 15) is 22.9 Å². The second-order valence-electron chi connectivity index (χ2n) is 6.49. The lowest BCUT2D eigenvalue weighted by molar-refractivity contribution is -0.419. The number of sulfonamides is 1. The third kappa shape index (κ3) is 5.12. The van der Waals surface area contributed by atoms with Gasteiger partial charge < -0.3 is 4.74 Å². The van der Waals surface area contributed by atoms with Crippen molar-refractivity contribution in [2.45, 2.75) is 24.3 Å². The number of nitrogens with one attached hydrogen (secondary N) is 1. The van der Waals surface area contributed by atoms with Crippen LogP contribution in [0.3, 0.4) is 0 Å². The number of ether oxygens (including phenoxy) is 1. The number of benzene rings is 2. The molecule has 164 valence electrons. The van der Waals surface area contributed by atoms with Crippen LogP contribution in [0.4, 0.5) is 10.1 Å². The highest BCUT2D eigenvalue weighted by molar-refractivity contribution is 7.92. The zero-order chi connectivity index (χ0) is 22.9. The first-order valence-electron chi connectivity index (χ1n) is 8.65. The normalized spacial score (nSPS) is 16.4. The summed E-state index contributed by atoms with van der Waals surface area (Å²) in [6.45, 7) is 1.43. The molecular formula is C19H14Cl3FN2O5S. The van der Waals surface area contributed by atoms with Crippen LogP contribution in [0.25, 0.3) is 0 Å². The summed E-state index contributed by atoms with van der Waals surface area (Å²) in [6.07, 6.45) is 1.80. The number of nitrogens with zero attached hydrogens (tertiary/aromatic N) is 1. The number of hydrogen-bond donors (Lipinski definition) is 1. The predicted molar refractivity (Wildman–Crippen MR) is 116 cm³/mol. The molecule has 0 saturated heterocycles. The van der Waals surface area contributed by atoms with Crippen LogP contribution in [-0.4, -0.2) is 19.4 Å². The molecule has 0 amide bonds. The Labute approximate surface area is 192 Å². The van der Waals surface area contributed by atoms with E-state index >= 15 is 0 Å². The highest BCUT2D eigenvalue weighted by Gasteiger charge is 2.26. The Kier molecular flexibility index (Phi) is 6.80. The molecule has 31 heavy (non-hydrogen) atoms. The van der Waals surface area contributed by atoms with Gasteiger partial charge in [-0.25, -0.2) is 12.8 Å². The van der Waals surface area contributed by atoms with Crippen molar-refractivity contribution >= 4 is 50.5 Å². The van der Waals surface area contributed by atoms with Crippen LogP contribution < -0.4 is 9.46 Å². The van der Waals surface area contributed by atoms with Gasteiger partial charge in [-0.1, -0.05) is 40.9 Å². The van der Waals surface area contributed by atoms with E-state index in [0.29, 0.717) is 0 Å². The van der Waals surface area contributed by atoms with Crippen LogP contribution >= 0.6 is 34.8 Å². The van der Waals surface area contributed by atoms with Crippen LogP contribution in [0.1, 0.15) is 12.0 Å². The van der Waals surface area contributed by atoms with E-state index in [1.165, 1.54) is 31.2 Å². The summed E-state index contributed by atoms with van der Waals surface area (Å²) in [5, 5.41) is 10.7. The van der Waals surface area contributed by atoms with Crippen molar-refractivity contribution < 1.29 is 22.5 Å². The zero-order valence-corrected chi connectivity index (χ0v) is 18.8. The third-order valence-electron chi connectivity index (χ3n) is 4.40. The standard InChI is InChI=1S/C19H14Cl3FN2O5S/c1-10-16(23)3-2-4-17(10)24-31(28,29)12-8-14(21)19(15(22)9-12)30-18-6-5-11(25(26)27)7-13(18)20/h2-5,7-9,18,24H,6H2,1H3. The molecule has 0 radical (unpaired) electrons. The molecule has 12 heteroatoms. The maximum absolute atomic E-state index is 13.7. The third-order valence-corrected chi connectivity index (χ3v) is 6.66. The van der Waals surface area contributed by atoms with Crippen molar-refractivity contribution in [2.24, 2.45) is 0 Å². The molecule has 0 spiro atoms. The van der Waals surface area contributed by atoms with E-state index in [-0.39, 0.29) is 49.1 Å². The van der Waals surface area contributed by atoms with Gasteiger partial charge in [0.25, 0.3) is 15.7 Å². The molecule has 0 aliphatic heterocycles. The molecule has 0 heterocycles. The number of hydrogen-bond acceptors (Lipinski definition) is 5. The van der Waals surface area contributed by atoms with Crippen molar-refractivity contribution in [3.8, 4) is 5.75 Å². The quantitative estimate of drug-likeness (QED) is 0.401. The van der Waals surface area contributed by atoms with Crippen molar-refractivity contribution in [3.05, 3.63) is 84.8 Å². The fraction of sp³-hybridized carbons (Fsp3) is 0.158. The van der Waals surface area contributed by atoms with Crippen molar-refractivity contribution in [1.29, 1.82) is 0 Å². The Morgan fingerprint density at radius 1 is 1.23 bits per heavy atom. The molecule has 0 aromatic heterocycles. The minimum atomic E-state index is -4.14. The molecule has 0 fully saturated rings. The first-order chi connectivity index (χ1) is 14.5. The number of allylic oxidation sites excluding steroid dienone is 1. The van der Waals surface area contributed by atoms with Crippen LogP contribution in [0.2, 0.25) is 10.0 Å². The molecule has 1 N–H and O–H groups in total. The lowest BCUT2D eigenvalue weighted by Crippen LogP contribution is -2.20. The molecule has 7 nitrogen and oxygen atoms in total. The molecule has 1 unspecified atom stereocenters. The van der Waals surface area contributed by atoms with E-state index in [2.05, 4.69) is 4.72 Å². The van der Waals surface area contributed by atoms with Crippen molar-refractivity contribution in [1.82, 2.24) is 0 Å². The topological polar surface area (TPSA) is 98.5 Å². The monoisotopic (exact) mass is 506 g/mol. The Hall–Kier alpha value is -2.33. The van der Waals surface area contributed by atoms with Crippen molar-refractivity contribution in [2.75, 3.05) is 4.72 Å². The zero-order valence-electron chi connectivity index (χ0n) is 15.7. The van der Waals surface area contributed by atoms with E-state index in [1.54, 1.807) is 0 Å².